The van der Waals surface area contributed by atoms with Gasteiger partial charge in [-0.25, -0.2) is 9.78 Å². The Bertz CT molecular complexity index is 4090. The van der Waals surface area contributed by atoms with Gasteiger partial charge in [-0.1, -0.05) is 105 Å². The number of carbonyl (C=O) groups excluding carboxylic acids is 1. The quantitative estimate of drug-likeness (QED) is 0.0673. The van der Waals surface area contributed by atoms with E-state index in [2.05, 4.69) is 157 Å². The van der Waals surface area contributed by atoms with Crippen molar-refractivity contribution >= 4 is 90.2 Å². The van der Waals surface area contributed by atoms with Crippen molar-refractivity contribution in [2.45, 2.75) is 38.5 Å². The SMILES string of the molecule is CN1/C(=C\C2=C(O)C(=C\C3=[N+](C)c4ccc(-n5c(-c6ccc(-c7ccc(-c8ccc(/C=C(/C#N)C(=O)O)s8)s7)cc6)nc6c7ccccc7c7ccccc7c65)cc4C3(C)C)/C2=O)C(C)(C)c2ccccc21. The molecule has 12 rings (SSSR count). The van der Waals surface area contributed by atoms with Crippen molar-refractivity contribution in [1.29, 1.82) is 5.26 Å². The van der Waals surface area contributed by atoms with Crippen molar-refractivity contribution in [3.63, 3.8) is 0 Å². The van der Waals surface area contributed by atoms with E-state index in [9.17, 15) is 25.1 Å². The smallest absolute Gasteiger partial charge is 0.346 e. The van der Waals surface area contributed by atoms with Crippen LogP contribution in [0.2, 0.25) is 0 Å². The maximum Gasteiger partial charge on any atom is 0.346 e. The standard InChI is InChI=1S/C61H45N5O4S2/c1-60(2)45-17-11-12-18-47(45)64(5)52(60)31-43-56(67)44(57(43)68)32-53-61(3,4)46-30-37(23-25-48(46)65(53)6)66-55-42-16-10-8-14-40(42)39-13-7-9-15-41(39)54(55)63-58(66)35-21-19-34(20-22-35)49-27-28-51(72-49)50-26-24-38(71-50)29-36(33-62)59(69)70/h7-32H,1-6H3,(H-,67,68,69,70)/p+1/b36-29-. The maximum absolute atomic E-state index is 14.0. The number of anilines is 1. The summed E-state index contributed by atoms with van der Waals surface area (Å²) in [4.78, 5) is 36.9. The highest BCUT2D eigenvalue weighted by molar-refractivity contribution is 7.24. The average Bonchev–Trinajstić information content (AvgIpc) is 4.22. The zero-order valence-electron chi connectivity index (χ0n) is 40.3. The summed E-state index contributed by atoms with van der Waals surface area (Å²) >= 11 is 3.10. The van der Waals surface area contributed by atoms with Crippen LogP contribution in [0.5, 0.6) is 0 Å². The highest BCUT2D eigenvalue weighted by Crippen LogP contribution is 2.49. The molecule has 2 aliphatic heterocycles. The van der Waals surface area contributed by atoms with Gasteiger partial charge in [-0.05, 0) is 90.4 Å². The van der Waals surface area contributed by atoms with Crippen LogP contribution < -0.4 is 4.90 Å². The number of imidazole rings is 1. The van der Waals surface area contributed by atoms with Gasteiger partial charge in [0.2, 0.25) is 11.5 Å². The Morgan fingerprint density at radius 1 is 0.736 bits per heavy atom. The molecule has 1 aliphatic carbocycles. The van der Waals surface area contributed by atoms with Gasteiger partial charge in [0.1, 0.15) is 30.3 Å². The summed E-state index contributed by atoms with van der Waals surface area (Å²) in [5.41, 5.74) is 10.6. The molecule has 0 saturated heterocycles. The second-order valence-electron chi connectivity index (χ2n) is 19.6. The molecule has 2 N–H and O–H groups in total. The average molecular weight is 977 g/mol. The summed E-state index contributed by atoms with van der Waals surface area (Å²) in [6.45, 7) is 8.65. The van der Waals surface area contributed by atoms with Crippen molar-refractivity contribution in [1.82, 2.24) is 9.55 Å². The summed E-state index contributed by atoms with van der Waals surface area (Å²) in [5.74, 6) is -0.603. The molecule has 6 aromatic carbocycles. The second-order valence-corrected chi connectivity index (χ2v) is 21.8. The van der Waals surface area contributed by atoms with E-state index >= 15 is 0 Å². The van der Waals surface area contributed by atoms with Crippen LogP contribution >= 0.6 is 22.7 Å². The number of benzene rings is 6. The number of aromatic nitrogens is 2. The van der Waals surface area contributed by atoms with Crippen molar-refractivity contribution in [2.75, 3.05) is 19.0 Å². The maximum atomic E-state index is 14.0. The number of rotatable bonds is 8. The van der Waals surface area contributed by atoms with E-state index in [1.807, 2.05) is 50.5 Å². The zero-order chi connectivity index (χ0) is 50.0. The van der Waals surface area contributed by atoms with Gasteiger partial charge in [-0.3, -0.25) is 9.36 Å². The summed E-state index contributed by atoms with van der Waals surface area (Å²) in [6.07, 6.45) is 5.14. The van der Waals surface area contributed by atoms with Gasteiger partial charge in [0, 0.05) is 83.1 Å². The predicted octanol–water partition coefficient (Wildman–Crippen LogP) is 14.1. The van der Waals surface area contributed by atoms with Crippen molar-refractivity contribution in [2.24, 2.45) is 0 Å². The van der Waals surface area contributed by atoms with Gasteiger partial charge in [-0.2, -0.15) is 9.84 Å². The molecule has 0 unspecified atom stereocenters. The third-order valence-corrected chi connectivity index (χ3v) is 17.2. The van der Waals surface area contributed by atoms with Crippen LogP contribution in [0.25, 0.3) is 75.9 Å². The Morgan fingerprint density at radius 2 is 1.38 bits per heavy atom. The molecule has 72 heavy (non-hydrogen) atoms. The molecule has 0 radical (unpaired) electrons. The Hall–Kier alpha value is -8.43. The number of carboxylic acids is 1. The van der Waals surface area contributed by atoms with Gasteiger partial charge < -0.3 is 15.1 Å². The summed E-state index contributed by atoms with van der Waals surface area (Å²) < 4.78 is 4.43. The zero-order valence-corrected chi connectivity index (χ0v) is 41.9. The molecule has 9 nitrogen and oxygen atoms in total. The second kappa shape index (κ2) is 16.3. The number of fused-ring (bicyclic) bond motifs is 8. The number of aliphatic carboxylic acids is 1. The number of likely N-dealkylation sites (N-methyl/N-ethyl adjacent to an activating group) is 1. The highest BCUT2D eigenvalue weighted by atomic mass is 32.1. The monoisotopic (exact) mass is 976 g/mol. The number of hydrogen-bond donors (Lipinski definition) is 2. The molecule has 0 bridgehead atoms. The fourth-order valence-corrected chi connectivity index (χ4v) is 13.1. The number of hydrogen-bond acceptors (Lipinski definition) is 8. The number of carboxylic acid groups (broad SMARTS) is 1. The summed E-state index contributed by atoms with van der Waals surface area (Å²) in [7, 11) is 4.04. The largest absolute Gasteiger partial charge is 0.506 e. The Balaban J connectivity index is 0.930. The van der Waals surface area contributed by atoms with E-state index in [4.69, 9.17) is 4.98 Å². The lowest BCUT2D eigenvalue weighted by molar-refractivity contribution is -0.401. The summed E-state index contributed by atoms with van der Waals surface area (Å²) in [5, 5.41) is 34.7. The minimum atomic E-state index is -1.24. The van der Waals surface area contributed by atoms with Crippen LogP contribution in [-0.2, 0) is 20.4 Å². The number of nitrogens with zero attached hydrogens (tertiary/aromatic N) is 5. The topological polar surface area (TPSA) is 122 Å². The molecule has 3 aliphatic rings. The van der Waals surface area contributed by atoms with Crippen LogP contribution in [0.4, 0.5) is 11.4 Å². The normalized spacial score (nSPS) is 17.2. The molecular weight excluding hydrogens is 931 g/mol. The lowest BCUT2D eigenvalue weighted by Gasteiger charge is -2.27. The van der Waals surface area contributed by atoms with Crippen LogP contribution in [0.1, 0.15) is 43.7 Å². The van der Waals surface area contributed by atoms with E-state index in [0.717, 1.165) is 98.2 Å². The molecule has 9 aromatic rings. The van der Waals surface area contributed by atoms with Gasteiger partial charge in [0.05, 0.1) is 27.6 Å². The Morgan fingerprint density at radius 3 is 2.08 bits per heavy atom. The Labute approximate surface area is 423 Å². The third kappa shape index (κ3) is 6.70. The number of para-hydroxylation sites is 1. The van der Waals surface area contributed by atoms with E-state index in [-0.39, 0.29) is 22.5 Å². The van der Waals surface area contributed by atoms with E-state index in [0.29, 0.717) is 16.0 Å². The highest BCUT2D eigenvalue weighted by Gasteiger charge is 2.46. The van der Waals surface area contributed by atoms with Gasteiger partial charge in [0.25, 0.3) is 0 Å². The lowest BCUT2D eigenvalue weighted by Crippen LogP contribution is -2.31. The van der Waals surface area contributed by atoms with Gasteiger partial charge in [0.15, 0.2) is 5.71 Å². The van der Waals surface area contributed by atoms with Crippen LogP contribution in [0.3, 0.4) is 0 Å². The fraction of sp³-hybridized carbons (Fsp3) is 0.131. The molecular formula is C61H46N5O4S2+. The minimum Gasteiger partial charge on any atom is -0.506 e. The van der Waals surface area contributed by atoms with Crippen molar-refractivity contribution < 1.29 is 24.4 Å². The first kappa shape index (κ1) is 44.8. The predicted molar refractivity (Wildman–Crippen MR) is 292 cm³/mol. The number of nitriles is 1. The number of allylic oxidation sites excluding steroid dienone is 5. The molecule has 0 atom stereocenters. The number of Topliss-reactive ketones (excluding diaryl/α,β-unsaturated/α-hetero) is 1. The minimum absolute atomic E-state index is 0.0137. The fourth-order valence-electron chi connectivity index (χ4n) is 11.1. The van der Waals surface area contributed by atoms with Gasteiger partial charge >= 0.3 is 5.97 Å². The number of ketones is 1. The molecule has 0 amide bonds. The number of thiophene rings is 2. The number of carbonyl (C=O) groups is 2. The first-order valence-corrected chi connectivity index (χ1v) is 25.3. The van der Waals surface area contributed by atoms with Crippen LogP contribution in [0.15, 0.2) is 180 Å². The number of aliphatic hydroxyl groups is 1. The molecule has 5 heterocycles. The molecule has 0 spiro atoms. The molecule has 3 aromatic heterocycles. The molecule has 350 valence electrons. The Kier molecular flexibility index (Phi) is 10.1. The van der Waals surface area contributed by atoms with Gasteiger partial charge in [-0.15, -0.1) is 22.7 Å². The molecule has 11 heteroatoms. The van der Waals surface area contributed by atoms with Crippen LogP contribution in [-0.4, -0.2) is 55.9 Å². The van der Waals surface area contributed by atoms with E-state index < -0.39 is 11.4 Å². The molecule has 0 saturated carbocycles. The first-order valence-electron chi connectivity index (χ1n) is 23.6. The van der Waals surface area contributed by atoms with E-state index in [1.165, 1.54) is 23.0 Å². The van der Waals surface area contributed by atoms with Crippen molar-refractivity contribution in [3.05, 3.63) is 196 Å². The summed E-state index contributed by atoms with van der Waals surface area (Å²) in [6, 6.07) is 50.1. The lowest BCUT2D eigenvalue weighted by atomic mass is 9.77. The first-order chi connectivity index (χ1) is 34.6. The van der Waals surface area contributed by atoms with Crippen molar-refractivity contribution in [3.8, 4) is 43.3 Å². The van der Waals surface area contributed by atoms with Crippen LogP contribution in [0, 0.1) is 11.3 Å². The number of aliphatic hydroxyl groups excluding tert-OH is 1. The third-order valence-electron chi connectivity index (χ3n) is 14.8. The molecule has 0 fully saturated rings. The van der Waals surface area contributed by atoms with E-state index in [1.54, 1.807) is 17.4 Å².